The Morgan fingerprint density at radius 1 is 1.00 bits per heavy atom. The van der Waals surface area contributed by atoms with Crippen molar-refractivity contribution in [3.63, 3.8) is 0 Å². The Hall–Kier alpha value is -2.95. The molecule has 1 saturated heterocycles. The van der Waals surface area contributed by atoms with E-state index in [1.165, 1.54) is 11.1 Å². The lowest BCUT2D eigenvalue weighted by atomic mass is 9.96. The van der Waals surface area contributed by atoms with Gasteiger partial charge >= 0.3 is 0 Å². The fourth-order valence-electron chi connectivity index (χ4n) is 3.59. The van der Waals surface area contributed by atoms with Crippen molar-refractivity contribution >= 4 is 5.91 Å². The van der Waals surface area contributed by atoms with Crippen LogP contribution in [0.2, 0.25) is 0 Å². The van der Waals surface area contributed by atoms with Crippen molar-refractivity contribution in [2.24, 2.45) is 0 Å². The largest absolute Gasteiger partial charge is 0.342 e. The fourth-order valence-corrected chi connectivity index (χ4v) is 3.59. The molecule has 2 aromatic carbocycles. The normalized spacial score (nSPS) is 15.0. The van der Waals surface area contributed by atoms with Gasteiger partial charge in [0.05, 0.1) is 6.42 Å². The zero-order valence-corrected chi connectivity index (χ0v) is 16.4. The van der Waals surface area contributed by atoms with Gasteiger partial charge in [-0.1, -0.05) is 64.8 Å². The number of rotatable bonds is 4. The molecule has 0 spiro atoms. The Balaban J connectivity index is 1.34. The van der Waals surface area contributed by atoms with Crippen molar-refractivity contribution in [3.8, 4) is 11.4 Å². The summed E-state index contributed by atoms with van der Waals surface area (Å²) in [6.45, 7) is 5.58. The maximum absolute atomic E-state index is 12.6. The number of amides is 1. The van der Waals surface area contributed by atoms with Gasteiger partial charge in [0.15, 0.2) is 0 Å². The molecule has 0 aliphatic carbocycles. The predicted molar refractivity (Wildman–Crippen MR) is 108 cm³/mol. The number of nitrogens with zero attached hydrogens (tertiary/aromatic N) is 3. The monoisotopic (exact) mass is 375 g/mol. The van der Waals surface area contributed by atoms with E-state index < -0.39 is 0 Å². The number of benzene rings is 2. The predicted octanol–water partition coefficient (Wildman–Crippen LogP) is 4.30. The van der Waals surface area contributed by atoms with E-state index in [1.54, 1.807) is 0 Å². The van der Waals surface area contributed by atoms with Gasteiger partial charge in [0.1, 0.15) is 0 Å². The van der Waals surface area contributed by atoms with E-state index in [-0.39, 0.29) is 11.8 Å². The van der Waals surface area contributed by atoms with Gasteiger partial charge in [0, 0.05) is 24.6 Å². The highest BCUT2D eigenvalue weighted by molar-refractivity contribution is 5.78. The fraction of sp³-hybridized carbons (Fsp3) is 0.348. The molecule has 1 aromatic heterocycles. The van der Waals surface area contributed by atoms with Crippen LogP contribution >= 0.6 is 0 Å². The van der Waals surface area contributed by atoms with E-state index in [4.69, 9.17) is 4.52 Å². The summed E-state index contributed by atoms with van der Waals surface area (Å²) in [4.78, 5) is 19.1. The average Bonchev–Trinajstić information content (AvgIpc) is 3.20. The first-order valence-corrected chi connectivity index (χ1v) is 9.82. The molecule has 1 amide bonds. The zero-order chi connectivity index (χ0) is 19.5. The highest BCUT2D eigenvalue weighted by Gasteiger charge is 2.27. The SMILES string of the molecule is Cc1ccc(CC(=O)N2CCC(c3nc(-c4ccc(C)cc4)no3)CC2)cc1. The first kappa shape index (κ1) is 18.4. The summed E-state index contributed by atoms with van der Waals surface area (Å²) >= 11 is 0. The van der Waals surface area contributed by atoms with Crippen LogP contribution in [0.1, 0.15) is 41.3 Å². The minimum Gasteiger partial charge on any atom is -0.342 e. The van der Waals surface area contributed by atoms with Gasteiger partial charge in [-0.25, -0.2) is 0 Å². The highest BCUT2D eigenvalue weighted by atomic mass is 16.5. The zero-order valence-electron chi connectivity index (χ0n) is 16.4. The third-order valence-electron chi connectivity index (χ3n) is 5.42. The summed E-state index contributed by atoms with van der Waals surface area (Å²) in [6.07, 6.45) is 2.17. The lowest BCUT2D eigenvalue weighted by Crippen LogP contribution is -2.38. The van der Waals surface area contributed by atoms with Crippen molar-refractivity contribution in [2.45, 2.75) is 39.0 Å². The van der Waals surface area contributed by atoms with Crippen LogP contribution < -0.4 is 0 Å². The summed E-state index contributed by atoms with van der Waals surface area (Å²) < 4.78 is 5.53. The highest BCUT2D eigenvalue weighted by Crippen LogP contribution is 2.29. The number of aryl methyl sites for hydroxylation is 2. The lowest BCUT2D eigenvalue weighted by molar-refractivity contribution is -0.131. The minimum atomic E-state index is 0.188. The van der Waals surface area contributed by atoms with Gasteiger partial charge in [-0.15, -0.1) is 0 Å². The Labute approximate surface area is 165 Å². The molecule has 0 N–H and O–H groups in total. The topological polar surface area (TPSA) is 59.2 Å². The van der Waals surface area contributed by atoms with E-state index in [1.807, 2.05) is 41.3 Å². The van der Waals surface area contributed by atoms with Crippen LogP contribution in [0.3, 0.4) is 0 Å². The molecular formula is C23H25N3O2. The smallest absolute Gasteiger partial charge is 0.230 e. The van der Waals surface area contributed by atoms with Crippen LogP contribution in [0.5, 0.6) is 0 Å². The third kappa shape index (κ3) is 4.14. The number of aromatic nitrogens is 2. The Morgan fingerprint density at radius 2 is 1.61 bits per heavy atom. The van der Waals surface area contributed by atoms with Gasteiger partial charge in [-0.3, -0.25) is 4.79 Å². The molecule has 0 unspecified atom stereocenters. The molecule has 0 saturated carbocycles. The van der Waals surface area contributed by atoms with Crippen LogP contribution in [0.15, 0.2) is 53.1 Å². The second-order valence-electron chi connectivity index (χ2n) is 7.64. The van der Waals surface area contributed by atoms with Crippen LogP contribution in [0, 0.1) is 13.8 Å². The van der Waals surface area contributed by atoms with E-state index in [0.717, 1.165) is 37.1 Å². The van der Waals surface area contributed by atoms with Crippen molar-refractivity contribution in [3.05, 3.63) is 71.1 Å². The molecular weight excluding hydrogens is 350 g/mol. The van der Waals surface area contributed by atoms with Gasteiger partial charge in [0.2, 0.25) is 17.6 Å². The second-order valence-corrected chi connectivity index (χ2v) is 7.64. The van der Waals surface area contributed by atoms with E-state index >= 15 is 0 Å². The molecule has 1 fully saturated rings. The molecule has 4 rings (SSSR count). The summed E-state index contributed by atoms with van der Waals surface area (Å²) in [5.41, 5.74) is 4.44. The maximum atomic E-state index is 12.6. The molecule has 5 heteroatoms. The van der Waals surface area contributed by atoms with Crippen LogP contribution in [0.25, 0.3) is 11.4 Å². The molecule has 0 atom stereocenters. The van der Waals surface area contributed by atoms with Crippen molar-refractivity contribution in [1.82, 2.24) is 15.0 Å². The molecule has 1 aliphatic rings. The van der Waals surface area contributed by atoms with Gasteiger partial charge in [0.25, 0.3) is 0 Å². The van der Waals surface area contributed by atoms with Gasteiger partial charge in [-0.2, -0.15) is 4.98 Å². The number of hydrogen-bond acceptors (Lipinski definition) is 4. The van der Waals surface area contributed by atoms with E-state index in [0.29, 0.717) is 18.1 Å². The standard InChI is InChI=1S/C23H25N3O2/c1-16-3-7-18(8-4-16)15-21(27)26-13-11-20(12-14-26)23-24-22(25-28-23)19-9-5-17(2)6-10-19/h3-10,20H,11-15H2,1-2H3. The molecule has 3 aromatic rings. The Kier molecular flexibility index (Phi) is 5.24. The summed E-state index contributed by atoms with van der Waals surface area (Å²) in [6, 6.07) is 16.3. The molecule has 0 radical (unpaired) electrons. The number of carbonyl (C=O) groups excluding carboxylic acids is 1. The molecule has 144 valence electrons. The maximum Gasteiger partial charge on any atom is 0.230 e. The third-order valence-corrected chi connectivity index (χ3v) is 5.42. The van der Waals surface area contributed by atoms with E-state index in [9.17, 15) is 4.79 Å². The summed E-state index contributed by atoms with van der Waals surface area (Å²) in [5, 5.41) is 4.14. The Morgan fingerprint density at radius 3 is 2.25 bits per heavy atom. The molecule has 1 aliphatic heterocycles. The number of piperidine rings is 1. The molecule has 2 heterocycles. The van der Waals surface area contributed by atoms with Crippen molar-refractivity contribution in [2.75, 3.05) is 13.1 Å². The summed E-state index contributed by atoms with van der Waals surface area (Å²) in [7, 11) is 0. The van der Waals surface area contributed by atoms with Crippen LogP contribution in [-0.4, -0.2) is 34.0 Å². The number of likely N-dealkylation sites (tertiary alicyclic amines) is 1. The molecule has 28 heavy (non-hydrogen) atoms. The average molecular weight is 375 g/mol. The van der Waals surface area contributed by atoms with Gasteiger partial charge < -0.3 is 9.42 Å². The minimum absolute atomic E-state index is 0.188. The van der Waals surface area contributed by atoms with Crippen LogP contribution in [-0.2, 0) is 11.2 Å². The quantitative estimate of drug-likeness (QED) is 0.682. The van der Waals surface area contributed by atoms with Crippen molar-refractivity contribution in [1.29, 1.82) is 0 Å². The van der Waals surface area contributed by atoms with Crippen LogP contribution in [0.4, 0.5) is 0 Å². The summed E-state index contributed by atoms with van der Waals surface area (Å²) in [5.74, 6) is 1.72. The Bertz CT molecular complexity index is 937. The van der Waals surface area contributed by atoms with E-state index in [2.05, 4.69) is 36.1 Å². The lowest BCUT2D eigenvalue weighted by Gasteiger charge is -2.30. The second kappa shape index (κ2) is 7.97. The van der Waals surface area contributed by atoms with Crippen molar-refractivity contribution < 1.29 is 9.32 Å². The first-order chi connectivity index (χ1) is 13.6. The molecule has 5 nitrogen and oxygen atoms in total. The first-order valence-electron chi connectivity index (χ1n) is 9.82. The number of hydrogen-bond donors (Lipinski definition) is 0. The molecule has 0 bridgehead atoms. The number of carbonyl (C=O) groups is 1. The van der Waals surface area contributed by atoms with Gasteiger partial charge in [-0.05, 0) is 32.3 Å².